The van der Waals surface area contributed by atoms with Gasteiger partial charge in [0.1, 0.15) is 0 Å². The Hall–Kier alpha value is -4.80. The monoisotopic (exact) mass is 708 g/mol. The molecule has 2 aliphatic rings. The number of hydrogen-bond acceptors (Lipinski definition) is 3. The molecule has 0 aliphatic carbocycles. The summed E-state index contributed by atoms with van der Waals surface area (Å²) in [5.74, 6) is 0. The molecule has 0 unspecified atom stereocenters. The lowest BCUT2D eigenvalue weighted by Crippen LogP contribution is -2.61. The summed E-state index contributed by atoms with van der Waals surface area (Å²) >= 11 is 1.90. The van der Waals surface area contributed by atoms with E-state index in [1.165, 1.54) is 92.9 Å². The molecule has 9 rings (SSSR count). The maximum absolute atomic E-state index is 2.67. The van der Waals surface area contributed by atoms with Gasteiger partial charge in [-0.2, -0.15) is 0 Å². The van der Waals surface area contributed by atoms with Crippen LogP contribution >= 0.6 is 11.3 Å². The molecule has 7 aromatic rings. The van der Waals surface area contributed by atoms with Crippen molar-refractivity contribution in [1.29, 1.82) is 0 Å². The second-order valence-corrected chi connectivity index (χ2v) is 19.5. The van der Waals surface area contributed by atoms with E-state index in [1.807, 2.05) is 11.3 Å². The maximum atomic E-state index is 2.67. The topological polar surface area (TPSA) is 6.48 Å². The van der Waals surface area contributed by atoms with Crippen molar-refractivity contribution in [3.05, 3.63) is 138 Å². The van der Waals surface area contributed by atoms with Gasteiger partial charge < -0.3 is 9.71 Å². The Labute approximate surface area is 320 Å². The largest absolute Gasteiger partial charge is 0.376 e. The van der Waals surface area contributed by atoms with Gasteiger partial charge in [-0.25, -0.2) is 0 Å². The number of rotatable bonds is 2. The molecular weight excluding hydrogens is 659 g/mol. The van der Waals surface area contributed by atoms with E-state index < -0.39 is 0 Å². The van der Waals surface area contributed by atoms with Crippen LogP contribution in [0.3, 0.4) is 0 Å². The molecule has 0 saturated heterocycles. The fraction of sp³-hybridized carbons (Fsp3) is 0.265. The van der Waals surface area contributed by atoms with Gasteiger partial charge in [-0.15, -0.1) is 11.3 Å². The standard InChI is InChI=1S/C49H49BN2S/c1-30-27-37-44-40(25-26-43-45(44)36-13-11-12-14-42(36)53-43)52(35-22-17-32(18-23-35)48(5,6)7)50-38-29-33(49(8,9)10)19-24-39(38)51(41(28-30)46(37)50)34-20-15-31(16-21-34)47(2,3)4/h11-29H,1-10H3. The van der Waals surface area contributed by atoms with E-state index in [4.69, 9.17) is 0 Å². The average molecular weight is 709 g/mol. The van der Waals surface area contributed by atoms with Crippen LogP contribution in [0.25, 0.3) is 31.3 Å². The first-order valence-corrected chi connectivity index (χ1v) is 20.0. The molecule has 0 bridgehead atoms. The van der Waals surface area contributed by atoms with Crippen LogP contribution in [0, 0.1) is 6.92 Å². The van der Waals surface area contributed by atoms with Crippen molar-refractivity contribution in [2.75, 3.05) is 9.71 Å². The van der Waals surface area contributed by atoms with Crippen LogP contribution in [-0.2, 0) is 16.2 Å². The van der Waals surface area contributed by atoms with E-state index in [2.05, 4.69) is 194 Å². The first-order valence-electron chi connectivity index (χ1n) is 19.1. The lowest BCUT2D eigenvalue weighted by atomic mass is 9.43. The highest BCUT2D eigenvalue weighted by Crippen LogP contribution is 2.52. The Morgan fingerprint density at radius 3 is 1.75 bits per heavy atom. The summed E-state index contributed by atoms with van der Waals surface area (Å²) in [6, 6.07) is 44.6. The van der Waals surface area contributed by atoms with Crippen molar-refractivity contribution in [2.24, 2.45) is 0 Å². The summed E-state index contributed by atoms with van der Waals surface area (Å²) in [7, 11) is 0. The minimum absolute atomic E-state index is 0.00187. The van der Waals surface area contributed by atoms with E-state index >= 15 is 0 Å². The van der Waals surface area contributed by atoms with Gasteiger partial charge in [-0.05, 0) is 117 Å². The Morgan fingerprint density at radius 1 is 0.528 bits per heavy atom. The quantitative estimate of drug-likeness (QED) is 0.165. The Kier molecular flexibility index (Phi) is 7.44. The number of hydrogen-bond donors (Lipinski definition) is 0. The molecule has 0 fully saturated rings. The zero-order chi connectivity index (χ0) is 37.2. The highest BCUT2D eigenvalue weighted by molar-refractivity contribution is 7.26. The van der Waals surface area contributed by atoms with Crippen LogP contribution in [0.2, 0.25) is 0 Å². The number of anilines is 5. The molecule has 2 nitrogen and oxygen atoms in total. The van der Waals surface area contributed by atoms with Gasteiger partial charge in [-0.1, -0.05) is 123 Å². The molecule has 6 aromatic carbocycles. The first-order chi connectivity index (χ1) is 25.1. The normalized spacial score (nSPS) is 14.1. The molecule has 2 aliphatic heterocycles. The molecule has 0 spiro atoms. The van der Waals surface area contributed by atoms with Crippen molar-refractivity contribution in [1.82, 2.24) is 0 Å². The molecular formula is C49H49BN2S. The zero-order valence-corrected chi connectivity index (χ0v) is 33.7. The van der Waals surface area contributed by atoms with E-state index in [9.17, 15) is 0 Å². The molecule has 0 N–H and O–H groups in total. The lowest BCUT2D eigenvalue weighted by Gasteiger charge is -2.46. The van der Waals surface area contributed by atoms with Gasteiger partial charge in [0.05, 0.1) is 0 Å². The number of fused-ring (bicyclic) bond motifs is 8. The third kappa shape index (κ3) is 5.36. The fourth-order valence-corrected chi connectivity index (χ4v) is 9.79. The van der Waals surface area contributed by atoms with Crippen LogP contribution in [0.1, 0.15) is 84.6 Å². The number of thiophene rings is 1. The maximum Gasteiger partial charge on any atom is 0.333 e. The highest BCUT2D eigenvalue weighted by atomic mass is 32.1. The van der Waals surface area contributed by atoms with Crippen LogP contribution in [0.4, 0.5) is 28.4 Å². The fourth-order valence-electron chi connectivity index (χ4n) is 8.67. The molecule has 1 aromatic heterocycles. The second-order valence-electron chi connectivity index (χ2n) is 18.4. The van der Waals surface area contributed by atoms with Crippen molar-refractivity contribution in [2.45, 2.75) is 85.5 Å². The van der Waals surface area contributed by atoms with E-state index in [0.29, 0.717) is 0 Å². The summed E-state index contributed by atoms with van der Waals surface area (Å²) in [6.07, 6.45) is 0. The van der Waals surface area contributed by atoms with Crippen molar-refractivity contribution < 1.29 is 0 Å². The summed E-state index contributed by atoms with van der Waals surface area (Å²) in [5.41, 5.74) is 17.1. The second kappa shape index (κ2) is 11.6. The van der Waals surface area contributed by atoms with Gasteiger partial charge in [0.15, 0.2) is 0 Å². The molecule has 53 heavy (non-hydrogen) atoms. The number of nitrogens with zero attached hydrogens (tertiary/aromatic N) is 2. The van der Waals surface area contributed by atoms with E-state index in [0.717, 1.165) is 0 Å². The minimum atomic E-state index is -0.0154. The van der Waals surface area contributed by atoms with E-state index in [-0.39, 0.29) is 23.1 Å². The predicted octanol–water partition coefficient (Wildman–Crippen LogP) is 13.0. The van der Waals surface area contributed by atoms with Crippen molar-refractivity contribution >= 4 is 77.7 Å². The summed E-state index contributed by atoms with van der Waals surface area (Å²) in [4.78, 5) is 5.22. The molecule has 4 heteroatoms. The van der Waals surface area contributed by atoms with Crippen molar-refractivity contribution in [3.63, 3.8) is 0 Å². The predicted molar refractivity (Wildman–Crippen MR) is 234 cm³/mol. The lowest BCUT2D eigenvalue weighted by molar-refractivity contribution is 0.590. The summed E-state index contributed by atoms with van der Waals surface area (Å²) in [5, 5.41) is 2.70. The SMILES string of the molecule is Cc1cc2c3c(c1)N(c1ccc(C(C)(C)C)cc1)c1ccc(C(C)(C)C)cc1B3N(c1ccc(C(C)(C)C)cc1)c1ccc3sc4ccccc4c3c1-2. The summed E-state index contributed by atoms with van der Waals surface area (Å²) in [6.45, 7) is 23.0. The van der Waals surface area contributed by atoms with E-state index in [1.54, 1.807) is 0 Å². The smallest absolute Gasteiger partial charge is 0.333 e. The molecule has 0 amide bonds. The van der Waals surface area contributed by atoms with Gasteiger partial charge in [0.25, 0.3) is 0 Å². The number of benzene rings is 6. The third-order valence-electron chi connectivity index (χ3n) is 11.6. The Balaban J connectivity index is 1.41. The Bertz CT molecular complexity index is 2570. The van der Waals surface area contributed by atoms with Crippen LogP contribution in [-0.4, -0.2) is 6.85 Å². The molecule has 0 atom stereocenters. The Morgan fingerprint density at radius 2 is 1.11 bits per heavy atom. The average Bonchev–Trinajstić information content (AvgIpc) is 3.49. The zero-order valence-electron chi connectivity index (χ0n) is 32.8. The highest BCUT2D eigenvalue weighted by Gasteiger charge is 2.46. The van der Waals surface area contributed by atoms with Gasteiger partial charge in [0.2, 0.25) is 0 Å². The van der Waals surface area contributed by atoms with Crippen molar-refractivity contribution in [3.8, 4) is 11.1 Å². The number of aryl methyl sites for hydroxylation is 1. The molecule has 0 saturated carbocycles. The molecule has 264 valence electrons. The van der Waals surface area contributed by atoms with Gasteiger partial charge in [0, 0.05) is 54.2 Å². The molecule has 0 radical (unpaired) electrons. The minimum Gasteiger partial charge on any atom is -0.376 e. The third-order valence-corrected chi connectivity index (χ3v) is 12.7. The van der Waals surface area contributed by atoms with Crippen LogP contribution in [0.5, 0.6) is 0 Å². The van der Waals surface area contributed by atoms with Gasteiger partial charge in [-0.3, -0.25) is 0 Å². The summed E-state index contributed by atoms with van der Waals surface area (Å²) < 4.78 is 2.67. The first kappa shape index (κ1) is 34.0. The molecule has 3 heterocycles. The van der Waals surface area contributed by atoms with Gasteiger partial charge >= 0.3 is 6.85 Å². The van der Waals surface area contributed by atoms with Crippen LogP contribution < -0.4 is 20.6 Å². The van der Waals surface area contributed by atoms with Crippen LogP contribution in [0.15, 0.2) is 115 Å².